The largest absolute Gasteiger partial charge is 0.495 e. The van der Waals surface area contributed by atoms with E-state index >= 15 is 0 Å². The van der Waals surface area contributed by atoms with Crippen LogP contribution in [0.3, 0.4) is 0 Å². The summed E-state index contributed by atoms with van der Waals surface area (Å²) in [6.07, 6.45) is 0. The predicted molar refractivity (Wildman–Crippen MR) is 83.3 cm³/mol. The number of methoxy groups -OCH3 is 1. The molecule has 0 aliphatic carbocycles. The number of carbonyl (C=O) groups excluding carboxylic acids is 1. The van der Waals surface area contributed by atoms with Crippen LogP contribution in [-0.4, -0.2) is 13.0 Å². The molecule has 2 aromatic rings. The van der Waals surface area contributed by atoms with Crippen molar-refractivity contribution < 1.29 is 9.53 Å². The summed E-state index contributed by atoms with van der Waals surface area (Å²) in [5, 5.41) is 3.16. The van der Waals surface area contributed by atoms with E-state index in [0.29, 0.717) is 17.0 Å². The van der Waals surface area contributed by atoms with E-state index in [1.165, 1.54) is 0 Å². The minimum absolute atomic E-state index is 0.291. The quantitative estimate of drug-likeness (QED) is 0.749. The highest BCUT2D eigenvalue weighted by atomic mass is 79.9. The molecule has 0 aliphatic rings. The molecule has 0 unspecified atom stereocenters. The van der Waals surface area contributed by atoms with Gasteiger partial charge in [-0.3, -0.25) is 4.79 Å². The molecule has 0 saturated carbocycles. The van der Waals surface area contributed by atoms with Gasteiger partial charge in [0.25, 0.3) is 5.91 Å². The summed E-state index contributed by atoms with van der Waals surface area (Å²) in [7, 11) is 1.60. The van der Waals surface area contributed by atoms with Crippen molar-refractivity contribution in [3.05, 3.63) is 46.4 Å². The fraction of sp³-hybridized carbons (Fsp3) is 0.0714. The molecule has 0 aliphatic heterocycles. The Hall–Kier alpha value is -2.21. The molecule has 5 nitrogen and oxygen atoms in total. The second-order valence-corrected chi connectivity index (χ2v) is 4.99. The highest BCUT2D eigenvalue weighted by Crippen LogP contribution is 2.30. The summed E-state index contributed by atoms with van der Waals surface area (Å²) in [6.45, 7) is 0. The molecule has 6 heteroatoms. The molecule has 5 N–H and O–H groups in total. The topological polar surface area (TPSA) is 90.4 Å². The zero-order chi connectivity index (χ0) is 14.7. The second kappa shape index (κ2) is 5.83. The summed E-state index contributed by atoms with van der Waals surface area (Å²) in [5.41, 5.74) is 13.2. The number of ether oxygens (including phenoxy) is 1. The number of nitrogens with one attached hydrogen (secondary N) is 1. The molecule has 0 aromatic heterocycles. The second-order valence-electron chi connectivity index (χ2n) is 4.14. The van der Waals surface area contributed by atoms with E-state index in [2.05, 4.69) is 21.2 Å². The number of primary amides is 1. The Kier molecular flexibility index (Phi) is 4.14. The Bertz CT molecular complexity index is 659. The van der Waals surface area contributed by atoms with E-state index in [-0.39, 0.29) is 0 Å². The zero-order valence-electron chi connectivity index (χ0n) is 10.8. The molecule has 0 fully saturated rings. The van der Waals surface area contributed by atoms with Crippen LogP contribution in [0.2, 0.25) is 0 Å². The Balaban J connectivity index is 2.30. The van der Waals surface area contributed by atoms with Crippen molar-refractivity contribution in [1.82, 2.24) is 0 Å². The van der Waals surface area contributed by atoms with Crippen LogP contribution in [0.1, 0.15) is 10.4 Å². The van der Waals surface area contributed by atoms with Crippen LogP contribution in [0, 0.1) is 0 Å². The Labute approximate surface area is 125 Å². The monoisotopic (exact) mass is 335 g/mol. The average Bonchev–Trinajstić information content (AvgIpc) is 2.42. The highest BCUT2D eigenvalue weighted by molar-refractivity contribution is 9.10. The third kappa shape index (κ3) is 3.03. The molecular formula is C14H14BrN3O2. The number of rotatable bonds is 4. The highest BCUT2D eigenvalue weighted by Gasteiger charge is 2.07. The Morgan fingerprint density at radius 2 is 1.85 bits per heavy atom. The standard InChI is InChI=1S/C14H14BrN3O2/c1-20-13-7-9(2-4-11(13)15)18-8-3-5-12(16)10(6-8)14(17)19/h2-7,18H,16H2,1H3,(H2,17,19). The van der Waals surface area contributed by atoms with Crippen LogP contribution in [0.15, 0.2) is 40.9 Å². The Morgan fingerprint density at radius 1 is 1.20 bits per heavy atom. The first-order chi connectivity index (χ1) is 9.51. The van der Waals surface area contributed by atoms with Crippen LogP contribution >= 0.6 is 15.9 Å². The van der Waals surface area contributed by atoms with Gasteiger partial charge in [0.1, 0.15) is 5.75 Å². The minimum Gasteiger partial charge on any atom is -0.495 e. The van der Waals surface area contributed by atoms with Gasteiger partial charge in [-0.05, 0) is 46.3 Å². The molecule has 0 bridgehead atoms. The van der Waals surface area contributed by atoms with Gasteiger partial charge in [0.2, 0.25) is 0 Å². The van der Waals surface area contributed by atoms with Gasteiger partial charge in [0, 0.05) is 23.1 Å². The first-order valence-electron chi connectivity index (χ1n) is 5.81. The fourth-order valence-electron chi connectivity index (χ4n) is 1.75. The third-order valence-corrected chi connectivity index (χ3v) is 3.41. The lowest BCUT2D eigenvalue weighted by Crippen LogP contribution is -2.13. The van der Waals surface area contributed by atoms with Crippen molar-refractivity contribution in [3.8, 4) is 5.75 Å². The van der Waals surface area contributed by atoms with Gasteiger partial charge in [-0.25, -0.2) is 0 Å². The van der Waals surface area contributed by atoms with E-state index in [1.807, 2.05) is 18.2 Å². The molecular weight excluding hydrogens is 322 g/mol. The van der Waals surface area contributed by atoms with Gasteiger partial charge in [0.15, 0.2) is 0 Å². The van der Waals surface area contributed by atoms with Crippen molar-refractivity contribution in [2.24, 2.45) is 5.73 Å². The van der Waals surface area contributed by atoms with Gasteiger partial charge in [-0.1, -0.05) is 0 Å². The summed E-state index contributed by atoms with van der Waals surface area (Å²) < 4.78 is 6.09. The predicted octanol–water partition coefficient (Wildman–Crippen LogP) is 2.88. The number of amides is 1. The van der Waals surface area contributed by atoms with Crippen molar-refractivity contribution in [2.75, 3.05) is 18.2 Å². The van der Waals surface area contributed by atoms with Gasteiger partial charge >= 0.3 is 0 Å². The molecule has 2 aromatic carbocycles. The summed E-state index contributed by atoms with van der Waals surface area (Å²) in [4.78, 5) is 11.3. The Morgan fingerprint density at radius 3 is 2.50 bits per heavy atom. The summed E-state index contributed by atoms with van der Waals surface area (Å²) in [5.74, 6) is 0.153. The number of hydrogen-bond acceptors (Lipinski definition) is 4. The molecule has 1 amide bonds. The van der Waals surface area contributed by atoms with Crippen LogP contribution in [-0.2, 0) is 0 Å². The summed E-state index contributed by atoms with van der Waals surface area (Å²) >= 11 is 3.39. The van der Waals surface area contributed by atoms with Crippen LogP contribution < -0.4 is 21.5 Å². The molecule has 0 radical (unpaired) electrons. The van der Waals surface area contributed by atoms with Gasteiger partial charge in [-0.15, -0.1) is 0 Å². The first kappa shape index (κ1) is 14.2. The van der Waals surface area contributed by atoms with E-state index in [1.54, 1.807) is 25.3 Å². The van der Waals surface area contributed by atoms with Gasteiger partial charge in [-0.2, -0.15) is 0 Å². The average molecular weight is 336 g/mol. The fourth-order valence-corrected chi connectivity index (χ4v) is 2.16. The number of nitrogen functional groups attached to an aromatic ring is 1. The number of nitrogens with two attached hydrogens (primary N) is 2. The maximum absolute atomic E-state index is 11.3. The number of carbonyl (C=O) groups is 1. The van der Waals surface area contributed by atoms with Crippen molar-refractivity contribution in [1.29, 1.82) is 0 Å². The van der Waals surface area contributed by atoms with Gasteiger partial charge < -0.3 is 21.5 Å². The van der Waals surface area contributed by atoms with E-state index in [0.717, 1.165) is 15.8 Å². The van der Waals surface area contributed by atoms with E-state index < -0.39 is 5.91 Å². The summed E-state index contributed by atoms with van der Waals surface area (Å²) in [6, 6.07) is 10.6. The number of anilines is 3. The molecule has 0 saturated heterocycles. The van der Waals surface area contributed by atoms with Crippen LogP contribution in [0.5, 0.6) is 5.75 Å². The third-order valence-electron chi connectivity index (χ3n) is 2.76. The molecule has 0 heterocycles. The van der Waals surface area contributed by atoms with Crippen molar-refractivity contribution in [2.45, 2.75) is 0 Å². The van der Waals surface area contributed by atoms with Crippen molar-refractivity contribution in [3.63, 3.8) is 0 Å². The SMILES string of the molecule is COc1cc(Nc2ccc(N)c(C(N)=O)c2)ccc1Br. The van der Waals surface area contributed by atoms with Crippen LogP contribution in [0.25, 0.3) is 0 Å². The normalized spacial score (nSPS) is 10.1. The number of hydrogen-bond donors (Lipinski definition) is 3. The van der Waals surface area contributed by atoms with Gasteiger partial charge in [0.05, 0.1) is 17.1 Å². The lowest BCUT2D eigenvalue weighted by Gasteiger charge is -2.11. The number of benzene rings is 2. The minimum atomic E-state index is -0.556. The lowest BCUT2D eigenvalue weighted by atomic mass is 10.1. The van der Waals surface area contributed by atoms with E-state index in [9.17, 15) is 4.79 Å². The molecule has 20 heavy (non-hydrogen) atoms. The number of halogens is 1. The maximum Gasteiger partial charge on any atom is 0.250 e. The van der Waals surface area contributed by atoms with Crippen LogP contribution in [0.4, 0.5) is 17.1 Å². The molecule has 0 spiro atoms. The first-order valence-corrected chi connectivity index (χ1v) is 6.60. The maximum atomic E-state index is 11.3. The zero-order valence-corrected chi connectivity index (χ0v) is 12.4. The van der Waals surface area contributed by atoms with E-state index in [4.69, 9.17) is 16.2 Å². The lowest BCUT2D eigenvalue weighted by molar-refractivity contribution is 0.100. The molecule has 0 atom stereocenters. The van der Waals surface area contributed by atoms with Crippen molar-refractivity contribution >= 4 is 38.9 Å². The molecule has 104 valence electrons. The molecule has 2 rings (SSSR count). The smallest absolute Gasteiger partial charge is 0.250 e.